The molecule has 0 aliphatic carbocycles. The van der Waals surface area contributed by atoms with Crippen LogP contribution in [-0.2, 0) is 0 Å². The second kappa shape index (κ2) is 2.34. The number of phenols is 2. The number of hydrogen-bond donors (Lipinski definition) is 2. The van der Waals surface area contributed by atoms with Gasteiger partial charge in [0.2, 0.25) is 0 Å². The molecule has 0 aliphatic rings. The monoisotopic (exact) mass is 116 g/mol. The third-order valence-corrected chi connectivity index (χ3v) is 1.22. The molecular formula is C6H5LiO2. The molecule has 0 bridgehead atoms. The molecule has 0 fully saturated rings. The van der Waals surface area contributed by atoms with E-state index in [0.717, 1.165) is 0 Å². The molecule has 0 aliphatic heterocycles. The van der Waals surface area contributed by atoms with Gasteiger partial charge in [-0.05, 0) is 0 Å². The second-order valence-corrected chi connectivity index (χ2v) is 1.94. The Labute approximate surface area is 62.3 Å². The van der Waals surface area contributed by atoms with Crippen molar-refractivity contribution in [2.45, 2.75) is 0 Å². The van der Waals surface area contributed by atoms with Crippen LogP contribution in [0.15, 0.2) is 18.2 Å². The fraction of sp³-hybridized carbons (Fsp3) is 0. The molecule has 1 aromatic carbocycles. The average Bonchev–Trinajstić information content (AvgIpc) is 1.83. The van der Waals surface area contributed by atoms with E-state index in [4.69, 9.17) is 10.2 Å². The zero-order valence-corrected chi connectivity index (χ0v) is 5.13. The molecule has 0 radical (unpaired) electrons. The number of aromatic hydroxyl groups is 2. The maximum atomic E-state index is 8.96. The van der Waals surface area contributed by atoms with E-state index >= 15 is 0 Å². The molecule has 0 atom stereocenters. The van der Waals surface area contributed by atoms with Crippen molar-refractivity contribution in [3.63, 3.8) is 0 Å². The predicted octanol–water partition coefficient (Wildman–Crippen LogP) is -0.108. The van der Waals surface area contributed by atoms with E-state index < -0.39 is 0 Å². The summed E-state index contributed by atoms with van der Waals surface area (Å²) in [5.41, 5.74) is 0. The van der Waals surface area contributed by atoms with E-state index in [1.165, 1.54) is 6.07 Å². The molecule has 0 amide bonds. The van der Waals surface area contributed by atoms with Crippen LogP contribution in [0.5, 0.6) is 11.5 Å². The van der Waals surface area contributed by atoms with Gasteiger partial charge in [-0.3, -0.25) is 0 Å². The summed E-state index contributed by atoms with van der Waals surface area (Å²) in [6.45, 7) is 0. The average molecular weight is 116 g/mol. The Balaban J connectivity index is 3.25. The van der Waals surface area contributed by atoms with E-state index in [1.807, 2.05) is 0 Å². The number of hydrogen-bond acceptors (Lipinski definition) is 2. The molecule has 0 aromatic heterocycles. The maximum absolute atomic E-state index is 8.96. The van der Waals surface area contributed by atoms with Gasteiger partial charge in [0.15, 0.2) is 0 Å². The third-order valence-electron chi connectivity index (χ3n) is 1.22. The Kier molecular flexibility index (Phi) is 1.70. The minimum atomic E-state index is -0.0602. The number of rotatable bonds is 0. The first-order chi connectivity index (χ1) is 4.22. The van der Waals surface area contributed by atoms with Crippen molar-refractivity contribution < 1.29 is 10.2 Å². The van der Waals surface area contributed by atoms with E-state index in [9.17, 15) is 0 Å². The molecule has 0 saturated carbocycles. The molecule has 9 heavy (non-hydrogen) atoms. The zero-order valence-electron chi connectivity index (χ0n) is 5.13. The van der Waals surface area contributed by atoms with Gasteiger partial charge in [0.05, 0.1) is 0 Å². The summed E-state index contributed by atoms with van der Waals surface area (Å²) in [4.78, 5) is 0. The van der Waals surface area contributed by atoms with Gasteiger partial charge in [-0.15, -0.1) is 0 Å². The van der Waals surface area contributed by atoms with E-state index in [1.54, 1.807) is 29.8 Å². The molecule has 0 spiro atoms. The van der Waals surface area contributed by atoms with Crippen molar-refractivity contribution in [3.05, 3.63) is 18.2 Å². The summed E-state index contributed by atoms with van der Waals surface area (Å²) in [6, 6.07) is 4.86. The predicted molar refractivity (Wildman–Crippen MR) is 35.2 cm³/mol. The van der Waals surface area contributed by atoms with Crippen LogP contribution in [0, 0.1) is 0 Å². The summed E-state index contributed by atoms with van der Waals surface area (Å²) in [6.07, 6.45) is 0. The van der Waals surface area contributed by atoms with Gasteiger partial charge < -0.3 is 0 Å². The molecule has 1 aromatic rings. The van der Waals surface area contributed by atoms with Crippen molar-refractivity contribution >= 4 is 22.0 Å². The summed E-state index contributed by atoms with van der Waals surface area (Å²) >= 11 is 1.73. The van der Waals surface area contributed by atoms with Crippen LogP contribution in [-0.4, -0.2) is 27.9 Å². The molecular weight excluding hydrogens is 111 g/mol. The quantitative estimate of drug-likeness (QED) is 0.367. The molecule has 2 nitrogen and oxygen atoms in total. The van der Waals surface area contributed by atoms with Gasteiger partial charge in [0.1, 0.15) is 0 Å². The van der Waals surface area contributed by atoms with Gasteiger partial charge in [0, 0.05) is 0 Å². The van der Waals surface area contributed by atoms with Gasteiger partial charge in [-0.25, -0.2) is 0 Å². The first-order valence-electron chi connectivity index (χ1n) is 2.69. The topological polar surface area (TPSA) is 40.5 Å². The Morgan fingerprint density at radius 1 is 1.22 bits per heavy atom. The number of phenolic OH excluding ortho intramolecular Hbond substituents is 2. The fourth-order valence-electron chi connectivity index (χ4n) is 0.643. The Morgan fingerprint density at radius 3 is 2.33 bits per heavy atom. The van der Waals surface area contributed by atoms with Crippen LogP contribution in [0.2, 0.25) is 0 Å². The Bertz CT molecular complexity index is 202. The van der Waals surface area contributed by atoms with E-state index in [-0.39, 0.29) is 11.5 Å². The van der Waals surface area contributed by atoms with Crippen LogP contribution in [0.1, 0.15) is 0 Å². The molecule has 0 unspecified atom stereocenters. The fourth-order valence-corrected chi connectivity index (χ4v) is 0.643. The normalized spacial score (nSPS) is 9.56. The van der Waals surface area contributed by atoms with Gasteiger partial charge >= 0.3 is 61.9 Å². The third kappa shape index (κ3) is 1.21. The van der Waals surface area contributed by atoms with Gasteiger partial charge in [-0.1, -0.05) is 0 Å². The summed E-state index contributed by atoms with van der Waals surface area (Å²) in [5.74, 6) is -0.0903. The SMILES string of the molecule is [Li][c]1cccc(O)c1O. The molecule has 1 rings (SSSR count). The molecule has 0 heterocycles. The van der Waals surface area contributed by atoms with Crippen molar-refractivity contribution in [2.24, 2.45) is 0 Å². The standard InChI is InChI=1S/C6H5O2.Li/c7-5-3-1-2-4-6(5)8;/h1-3,7-8H;. The number of para-hydroxylation sites is 1. The first-order valence-corrected chi connectivity index (χ1v) is 2.69. The van der Waals surface area contributed by atoms with Crippen LogP contribution in [0.3, 0.4) is 0 Å². The summed E-state index contributed by atoms with van der Waals surface area (Å²) in [7, 11) is 0. The van der Waals surface area contributed by atoms with Crippen LogP contribution < -0.4 is 4.24 Å². The summed E-state index contributed by atoms with van der Waals surface area (Å²) < 4.78 is 0.690. The van der Waals surface area contributed by atoms with Crippen molar-refractivity contribution in [3.8, 4) is 11.5 Å². The van der Waals surface area contributed by atoms with Crippen LogP contribution in [0.25, 0.3) is 0 Å². The summed E-state index contributed by atoms with van der Waals surface area (Å²) in [5, 5.41) is 17.8. The Hall–Kier alpha value is -0.583. The van der Waals surface area contributed by atoms with Crippen LogP contribution >= 0.6 is 0 Å². The second-order valence-electron chi connectivity index (χ2n) is 1.94. The van der Waals surface area contributed by atoms with Gasteiger partial charge in [0.25, 0.3) is 0 Å². The number of benzene rings is 1. The molecule has 3 heteroatoms. The first kappa shape index (κ1) is 6.54. The molecule has 0 saturated heterocycles. The zero-order chi connectivity index (χ0) is 6.85. The minimum absolute atomic E-state index is 0.0301. The van der Waals surface area contributed by atoms with E-state index in [2.05, 4.69) is 0 Å². The van der Waals surface area contributed by atoms with Crippen molar-refractivity contribution in [2.75, 3.05) is 0 Å². The Morgan fingerprint density at radius 2 is 1.89 bits per heavy atom. The van der Waals surface area contributed by atoms with Gasteiger partial charge in [-0.2, -0.15) is 0 Å². The van der Waals surface area contributed by atoms with Crippen molar-refractivity contribution in [1.82, 2.24) is 0 Å². The van der Waals surface area contributed by atoms with Crippen LogP contribution in [0.4, 0.5) is 0 Å². The molecule has 2 N–H and O–H groups in total. The van der Waals surface area contributed by atoms with E-state index in [0.29, 0.717) is 4.24 Å². The molecule has 42 valence electrons. The van der Waals surface area contributed by atoms with Crippen molar-refractivity contribution in [1.29, 1.82) is 0 Å².